The van der Waals surface area contributed by atoms with E-state index in [1.54, 1.807) is 5.48 Å². The number of fused-ring (bicyclic) bond motifs is 2. The zero-order chi connectivity index (χ0) is 24.9. The summed E-state index contributed by atoms with van der Waals surface area (Å²) >= 11 is 0. The van der Waals surface area contributed by atoms with Crippen LogP contribution in [-0.4, -0.2) is 33.1 Å². The van der Waals surface area contributed by atoms with Crippen molar-refractivity contribution in [3.8, 4) is 0 Å². The van der Waals surface area contributed by atoms with E-state index in [1.807, 2.05) is 54.6 Å². The fourth-order valence-corrected chi connectivity index (χ4v) is 3.52. The lowest BCUT2D eigenvalue weighted by atomic mass is 9.97. The molecule has 0 aliphatic heterocycles. The van der Waals surface area contributed by atoms with E-state index in [4.69, 9.17) is 0 Å². The molecule has 0 radical (unpaired) electrons. The summed E-state index contributed by atoms with van der Waals surface area (Å²) in [5.74, 6) is -1.48. The van der Waals surface area contributed by atoms with Crippen molar-refractivity contribution >= 4 is 51.0 Å². The summed E-state index contributed by atoms with van der Waals surface area (Å²) in [7, 11) is 0. The van der Waals surface area contributed by atoms with Crippen molar-refractivity contribution in [1.29, 1.82) is 0 Å². The standard InChI is InChI=1S/C23H16N6O6/c30-22(16-10-17(28(32)33)12-18(11-16)29(34)35)25-23(27-31)26-24-13-21-19-7-3-1-5-14(19)9-15-6-2-4-8-20(15)21/h1-13,31H,(H2,25,26,27,30)/b24-13+. The van der Waals surface area contributed by atoms with Gasteiger partial charge in [0.2, 0.25) is 5.96 Å². The fourth-order valence-electron chi connectivity index (χ4n) is 3.52. The van der Waals surface area contributed by atoms with Crippen LogP contribution in [0.4, 0.5) is 11.4 Å². The zero-order valence-electron chi connectivity index (χ0n) is 17.8. The lowest BCUT2D eigenvalue weighted by Gasteiger charge is -2.08. The summed E-state index contributed by atoms with van der Waals surface area (Å²) < 4.78 is 0. The number of benzene rings is 4. The Labute approximate surface area is 196 Å². The molecule has 0 aromatic heterocycles. The van der Waals surface area contributed by atoms with Crippen LogP contribution in [0.25, 0.3) is 21.5 Å². The highest BCUT2D eigenvalue weighted by atomic mass is 16.6. The zero-order valence-corrected chi connectivity index (χ0v) is 17.8. The number of carbonyl (C=O) groups excluding carboxylic acids is 1. The second-order valence-corrected chi connectivity index (χ2v) is 7.24. The minimum Gasteiger partial charge on any atom is -0.289 e. The van der Waals surface area contributed by atoms with E-state index < -0.39 is 33.1 Å². The van der Waals surface area contributed by atoms with Gasteiger partial charge in [0.25, 0.3) is 17.3 Å². The third-order valence-corrected chi connectivity index (χ3v) is 5.08. The lowest BCUT2D eigenvalue weighted by Crippen LogP contribution is -2.39. The highest BCUT2D eigenvalue weighted by Crippen LogP contribution is 2.27. The van der Waals surface area contributed by atoms with Gasteiger partial charge in [-0.25, -0.2) is 5.48 Å². The van der Waals surface area contributed by atoms with Gasteiger partial charge in [-0.2, -0.15) is 5.10 Å². The van der Waals surface area contributed by atoms with Gasteiger partial charge in [-0.3, -0.25) is 35.5 Å². The van der Waals surface area contributed by atoms with Crippen LogP contribution in [0.1, 0.15) is 15.9 Å². The average Bonchev–Trinajstić information content (AvgIpc) is 2.87. The Bertz CT molecular complexity index is 1460. The Kier molecular flexibility index (Phi) is 6.37. The Morgan fingerprint density at radius 2 is 1.40 bits per heavy atom. The van der Waals surface area contributed by atoms with Gasteiger partial charge >= 0.3 is 0 Å². The Morgan fingerprint density at radius 3 is 1.91 bits per heavy atom. The van der Waals surface area contributed by atoms with E-state index in [0.29, 0.717) is 0 Å². The molecule has 35 heavy (non-hydrogen) atoms. The van der Waals surface area contributed by atoms with Crippen molar-refractivity contribution in [3.63, 3.8) is 0 Å². The van der Waals surface area contributed by atoms with E-state index in [1.165, 1.54) is 6.21 Å². The molecular formula is C23H16N6O6. The molecule has 4 aromatic carbocycles. The maximum atomic E-state index is 12.5. The minimum atomic E-state index is -0.983. The molecule has 0 spiro atoms. The molecule has 4 rings (SSSR count). The smallest absolute Gasteiger partial charge is 0.277 e. The number of rotatable bonds is 5. The number of nitrogens with zero attached hydrogens (tertiary/aromatic N) is 4. The van der Waals surface area contributed by atoms with Crippen molar-refractivity contribution in [2.24, 2.45) is 10.2 Å². The highest BCUT2D eigenvalue weighted by molar-refractivity contribution is 6.13. The topological polar surface area (TPSA) is 172 Å². The molecule has 0 saturated heterocycles. The molecule has 0 heterocycles. The molecule has 0 fully saturated rings. The number of hydroxylamine groups is 1. The molecular weight excluding hydrogens is 456 g/mol. The first-order valence-corrected chi connectivity index (χ1v) is 10.0. The number of amides is 1. The summed E-state index contributed by atoms with van der Waals surface area (Å²) in [6.45, 7) is 0. The Hall–Kier alpha value is -5.23. The van der Waals surface area contributed by atoms with Crippen LogP contribution in [0.5, 0.6) is 0 Å². The average molecular weight is 472 g/mol. The normalized spacial score (nSPS) is 11.6. The Balaban J connectivity index is 1.65. The molecule has 0 saturated carbocycles. The largest absolute Gasteiger partial charge is 0.289 e. The monoisotopic (exact) mass is 472 g/mol. The van der Waals surface area contributed by atoms with E-state index in [9.17, 15) is 30.2 Å². The molecule has 12 heteroatoms. The van der Waals surface area contributed by atoms with Gasteiger partial charge < -0.3 is 0 Å². The molecule has 0 aliphatic carbocycles. The van der Waals surface area contributed by atoms with Gasteiger partial charge in [0.05, 0.1) is 27.7 Å². The number of nitrogens with one attached hydrogen (secondary N) is 2. The van der Waals surface area contributed by atoms with Gasteiger partial charge in [0, 0.05) is 17.7 Å². The van der Waals surface area contributed by atoms with Crippen molar-refractivity contribution in [1.82, 2.24) is 10.8 Å². The van der Waals surface area contributed by atoms with E-state index in [0.717, 1.165) is 45.3 Å². The molecule has 174 valence electrons. The van der Waals surface area contributed by atoms with Crippen molar-refractivity contribution in [3.05, 3.63) is 104 Å². The van der Waals surface area contributed by atoms with Crippen LogP contribution in [0.3, 0.4) is 0 Å². The number of hydrogen-bond donors (Lipinski definition) is 3. The quantitative estimate of drug-likeness (QED) is 0.130. The predicted molar refractivity (Wildman–Crippen MR) is 129 cm³/mol. The number of guanidine groups is 1. The summed E-state index contributed by atoms with van der Waals surface area (Å²) in [6.07, 6.45) is 1.46. The molecule has 0 atom stereocenters. The van der Waals surface area contributed by atoms with Crippen LogP contribution in [-0.2, 0) is 0 Å². The van der Waals surface area contributed by atoms with Gasteiger partial charge in [-0.15, -0.1) is 5.10 Å². The third kappa shape index (κ3) is 4.91. The van der Waals surface area contributed by atoms with Crippen molar-refractivity contribution in [2.45, 2.75) is 0 Å². The number of hydrogen-bond acceptors (Lipinski definition) is 8. The fraction of sp³-hybridized carbons (Fsp3) is 0. The van der Waals surface area contributed by atoms with Gasteiger partial charge in [-0.05, 0) is 27.6 Å². The van der Waals surface area contributed by atoms with Crippen LogP contribution >= 0.6 is 0 Å². The van der Waals surface area contributed by atoms with Crippen LogP contribution in [0, 0.1) is 20.2 Å². The number of nitro groups is 2. The summed E-state index contributed by atoms with van der Waals surface area (Å²) in [4.78, 5) is 32.9. The van der Waals surface area contributed by atoms with Crippen molar-refractivity contribution < 1.29 is 19.8 Å². The molecule has 0 unspecified atom stereocenters. The molecule has 4 aromatic rings. The summed E-state index contributed by atoms with van der Waals surface area (Å²) in [5.41, 5.74) is 0.785. The number of carbonyl (C=O) groups is 1. The third-order valence-electron chi connectivity index (χ3n) is 5.08. The maximum absolute atomic E-state index is 12.5. The first kappa shape index (κ1) is 22.9. The molecule has 1 amide bonds. The first-order chi connectivity index (χ1) is 16.9. The number of nitro benzene ring substituents is 2. The predicted octanol–water partition coefficient (Wildman–Crippen LogP) is 3.91. The van der Waals surface area contributed by atoms with E-state index in [2.05, 4.69) is 15.5 Å². The molecule has 12 nitrogen and oxygen atoms in total. The Morgan fingerprint density at radius 1 is 0.857 bits per heavy atom. The maximum Gasteiger partial charge on any atom is 0.277 e. The molecule has 3 N–H and O–H groups in total. The van der Waals surface area contributed by atoms with Crippen molar-refractivity contribution in [2.75, 3.05) is 0 Å². The van der Waals surface area contributed by atoms with Crippen LogP contribution in [0.15, 0.2) is 83.0 Å². The molecule has 0 aliphatic rings. The number of non-ortho nitro benzene ring substituents is 2. The minimum absolute atomic E-state index is 0.377. The lowest BCUT2D eigenvalue weighted by molar-refractivity contribution is -0.394. The van der Waals surface area contributed by atoms with Gasteiger partial charge in [-0.1, -0.05) is 48.5 Å². The van der Waals surface area contributed by atoms with E-state index >= 15 is 0 Å². The van der Waals surface area contributed by atoms with Gasteiger partial charge in [0.1, 0.15) is 0 Å². The van der Waals surface area contributed by atoms with Crippen LogP contribution < -0.4 is 10.8 Å². The second-order valence-electron chi connectivity index (χ2n) is 7.24. The summed E-state index contributed by atoms with van der Waals surface area (Å²) in [6, 6.07) is 19.9. The van der Waals surface area contributed by atoms with Gasteiger partial charge in [0.15, 0.2) is 0 Å². The van der Waals surface area contributed by atoms with E-state index in [-0.39, 0.29) is 5.56 Å². The van der Waals surface area contributed by atoms with Crippen LogP contribution in [0.2, 0.25) is 0 Å². The second kappa shape index (κ2) is 9.72. The highest BCUT2D eigenvalue weighted by Gasteiger charge is 2.20. The summed E-state index contributed by atoms with van der Waals surface area (Å²) in [5, 5.41) is 45.1. The SMILES string of the molecule is O=C(N/C(=N\N=C\c1c2ccccc2cc2ccccc12)NO)c1cc([N+](=O)[O-])cc([N+](=O)[O-])c1. The molecule has 0 bridgehead atoms. The first-order valence-electron chi connectivity index (χ1n) is 10.0.